The van der Waals surface area contributed by atoms with Crippen LogP contribution in [0.1, 0.15) is 40.0 Å². The Morgan fingerprint density at radius 2 is 1.86 bits per heavy atom. The first-order valence-electron chi connectivity index (χ1n) is 13.3. The molecular weight excluding hydrogens is 576 g/mol. The molecule has 0 amide bonds. The third-order valence-electron chi connectivity index (χ3n) is 6.87. The molecule has 224 valence electrons. The molecule has 0 aliphatic rings. The number of methoxy groups -OCH3 is 2. The Morgan fingerprint density at radius 3 is 2.55 bits per heavy atom. The lowest BCUT2D eigenvalue weighted by molar-refractivity contribution is 0.0492. The second-order valence-corrected chi connectivity index (χ2v) is 12.6. The summed E-state index contributed by atoms with van der Waals surface area (Å²) in [6.07, 6.45) is 1.77. The normalized spacial score (nSPS) is 12.3. The van der Waals surface area contributed by atoms with Crippen LogP contribution in [0.2, 0.25) is 0 Å². The standard InChI is InChI=1S/C31H36N2O7S2/c1-7-22-9-11-27(40-18-37-5)30(38-6)29(22)31-33-25-15-20(3)23(16-28(25)41-31)17-32-12-13-39-26-10-8-19(2)14-24(26)21(4)42(34,35)36/h7-11,14-16,21,32H,1,12-13,17-18H2,2-6H3,(H,34,35,36). The topological polar surface area (TPSA) is 116 Å². The van der Waals surface area contributed by atoms with Crippen molar-refractivity contribution in [1.82, 2.24) is 10.3 Å². The van der Waals surface area contributed by atoms with Crippen LogP contribution < -0.4 is 19.5 Å². The Balaban J connectivity index is 1.48. The fourth-order valence-electron chi connectivity index (χ4n) is 4.56. The van der Waals surface area contributed by atoms with Crippen molar-refractivity contribution in [3.05, 3.63) is 76.9 Å². The predicted molar refractivity (Wildman–Crippen MR) is 167 cm³/mol. The molecule has 0 spiro atoms. The number of aryl methyl sites for hydroxylation is 2. The number of nitrogens with one attached hydrogen (secondary N) is 1. The van der Waals surface area contributed by atoms with E-state index in [2.05, 4.69) is 31.0 Å². The van der Waals surface area contributed by atoms with Crippen molar-refractivity contribution in [2.24, 2.45) is 0 Å². The van der Waals surface area contributed by atoms with Crippen LogP contribution >= 0.6 is 11.3 Å². The summed E-state index contributed by atoms with van der Waals surface area (Å²) >= 11 is 1.57. The van der Waals surface area contributed by atoms with Crippen molar-refractivity contribution in [1.29, 1.82) is 0 Å². The van der Waals surface area contributed by atoms with E-state index in [1.165, 1.54) is 6.92 Å². The van der Waals surface area contributed by atoms with E-state index in [-0.39, 0.29) is 6.79 Å². The summed E-state index contributed by atoms with van der Waals surface area (Å²) in [4.78, 5) is 4.92. The summed E-state index contributed by atoms with van der Waals surface area (Å²) in [5.41, 5.74) is 6.14. The van der Waals surface area contributed by atoms with Crippen LogP contribution in [0.4, 0.5) is 0 Å². The monoisotopic (exact) mass is 612 g/mol. The SMILES string of the molecule is C=Cc1ccc(OCOC)c(OC)c1-c1nc2cc(C)c(CNCCOc3ccc(C)cc3C(C)S(=O)(=O)O)cc2s1. The van der Waals surface area contributed by atoms with Gasteiger partial charge in [0.25, 0.3) is 10.1 Å². The number of fused-ring (bicyclic) bond motifs is 1. The van der Waals surface area contributed by atoms with Crippen LogP contribution in [-0.2, 0) is 21.4 Å². The second kappa shape index (κ2) is 13.7. The van der Waals surface area contributed by atoms with Gasteiger partial charge in [0, 0.05) is 25.8 Å². The number of thiazole rings is 1. The van der Waals surface area contributed by atoms with Gasteiger partial charge in [-0.05, 0) is 61.7 Å². The smallest absolute Gasteiger partial charge is 0.271 e. The molecule has 2 N–H and O–H groups in total. The fourth-order valence-corrected chi connectivity index (χ4v) is 6.14. The van der Waals surface area contributed by atoms with Crippen molar-refractivity contribution >= 4 is 37.7 Å². The lowest BCUT2D eigenvalue weighted by Crippen LogP contribution is -2.21. The molecule has 3 aromatic carbocycles. The summed E-state index contributed by atoms with van der Waals surface area (Å²) in [5.74, 6) is 1.57. The van der Waals surface area contributed by atoms with Crippen molar-refractivity contribution in [3.63, 3.8) is 0 Å². The summed E-state index contributed by atoms with van der Waals surface area (Å²) in [7, 11) is -1.08. The molecule has 42 heavy (non-hydrogen) atoms. The Hall–Kier alpha value is -3.48. The highest BCUT2D eigenvalue weighted by Crippen LogP contribution is 2.44. The molecule has 9 nitrogen and oxygen atoms in total. The Kier molecular flexibility index (Phi) is 10.2. The quantitative estimate of drug-likeness (QED) is 0.0957. The van der Waals surface area contributed by atoms with Crippen LogP contribution in [0.3, 0.4) is 0 Å². The first-order valence-corrected chi connectivity index (χ1v) is 15.6. The van der Waals surface area contributed by atoms with E-state index < -0.39 is 15.4 Å². The molecule has 0 radical (unpaired) electrons. The van der Waals surface area contributed by atoms with Crippen molar-refractivity contribution in [3.8, 4) is 27.8 Å². The lowest BCUT2D eigenvalue weighted by Gasteiger charge is -2.16. The molecule has 4 aromatic rings. The molecule has 0 aliphatic carbocycles. The van der Waals surface area contributed by atoms with Crippen LogP contribution in [0.15, 0.2) is 49.0 Å². The van der Waals surface area contributed by atoms with Gasteiger partial charge in [0.15, 0.2) is 18.3 Å². The van der Waals surface area contributed by atoms with Gasteiger partial charge < -0.3 is 24.3 Å². The molecule has 0 aliphatic heterocycles. The minimum atomic E-state index is -4.24. The second-order valence-electron chi connectivity index (χ2n) is 9.81. The molecule has 4 rings (SSSR count). The molecule has 1 unspecified atom stereocenters. The van der Waals surface area contributed by atoms with E-state index in [1.54, 1.807) is 43.8 Å². The highest BCUT2D eigenvalue weighted by molar-refractivity contribution is 7.86. The Bertz CT molecular complexity index is 1680. The zero-order chi connectivity index (χ0) is 30.4. The van der Waals surface area contributed by atoms with Crippen LogP contribution in [0.25, 0.3) is 26.9 Å². The van der Waals surface area contributed by atoms with Crippen molar-refractivity contribution < 1.29 is 31.9 Å². The predicted octanol–water partition coefficient (Wildman–Crippen LogP) is 6.33. The third-order valence-corrected chi connectivity index (χ3v) is 9.06. The Labute approximate surface area is 250 Å². The fraction of sp³-hybridized carbons (Fsp3) is 0.323. The minimum Gasteiger partial charge on any atom is -0.492 e. The summed E-state index contributed by atoms with van der Waals surface area (Å²) < 4.78 is 56.4. The molecular formula is C31H36N2O7S2. The largest absolute Gasteiger partial charge is 0.492 e. The van der Waals surface area contributed by atoms with Gasteiger partial charge in [0.2, 0.25) is 0 Å². The lowest BCUT2D eigenvalue weighted by atomic mass is 10.1. The molecule has 0 bridgehead atoms. The number of aromatic nitrogens is 1. The summed E-state index contributed by atoms with van der Waals surface area (Å²) in [6, 6.07) is 13.3. The Morgan fingerprint density at radius 1 is 1.10 bits per heavy atom. The van der Waals surface area contributed by atoms with E-state index in [4.69, 9.17) is 23.9 Å². The number of rotatable bonds is 14. The van der Waals surface area contributed by atoms with Gasteiger partial charge in [0.05, 0.1) is 22.9 Å². The maximum absolute atomic E-state index is 11.7. The van der Waals surface area contributed by atoms with Gasteiger partial charge >= 0.3 is 0 Å². The molecule has 0 saturated heterocycles. The highest BCUT2D eigenvalue weighted by atomic mass is 32.2. The van der Waals surface area contributed by atoms with E-state index in [0.717, 1.165) is 43.0 Å². The average molecular weight is 613 g/mol. The molecule has 0 saturated carbocycles. The molecule has 1 heterocycles. The van der Waals surface area contributed by atoms with Gasteiger partial charge in [-0.1, -0.05) is 36.4 Å². The zero-order valence-corrected chi connectivity index (χ0v) is 26.0. The van der Waals surface area contributed by atoms with Gasteiger partial charge in [0.1, 0.15) is 22.6 Å². The number of benzene rings is 3. The van der Waals surface area contributed by atoms with Gasteiger partial charge in [-0.3, -0.25) is 4.55 Å². The maximum atomic E-state index is 11.7. The summed E-state index contributed by atoms with van der Waals surface area (Å²) in [6.45, 7) is 10.9. The first kappa shape index (κ1) is 31.5. The average Bonchev–Trinajstić information content (AvgIpc) is 3.37. The van der Waals surface area contributed by atoms with E-state index in [9.17, 15) is 13.0 Å². The zero-order valence-electron chi connectivity index (χ0n) is 24.4. The van der Waals surface area contributed by atoms with Crippen LogP contribution in [0, 0.1) is 13.8 Å². The maximum Gasteiger partial charge on any atom is 0.271 e. The van der Waals surface area contributed by atoms with E-state index in [1.807, 2.05) is 25.1 Å². The van der Waals surface area contributed by atoms with Crippen molar-refractivity contribution in [2.45, 2.75) is 32.6 Å². The van der Waals surface area contributed by atoms with Gasteiger partial charge in [-0.15, -0.1) is 11.3 Å². The van der Waals surface area contributed by atoms with Crippen LogP contribution in [0.5, 0.6) is 17.2 Å². The summed E-state index contributed by atoms with van der Waals surface area (Å²) in [5, 5.41) is 3.11. The third kappa shape index (κ3) is 7.11. The molecule has 1 atom stereocenters. The molecule has 1 aromatic heterocycles. The van der Waals surface area contributed by atoms with E-state index >= 15 is 0 Å². The van der Waals surface area contributed by atoms with Gasteiger partial charge in [-0.2, -0.15) is 8.42 Å². The molecule has 11 heteroatoms. The first-order chi connectivity index (χ1) is 20.1. The minimum absolute atomic E-state index is 0.0968. The van der Waals surface area contributed by atoms with Gasteiger partial charge in [-0.25, -0.2) is 4.98 Å². The number of nitrogens with zero attached hydrogens (tertiary/aromatic N) is 1. The van der Waals surface area contributed by atoms with Crippen LogP contribution in [-0.4, -0.2) is 52.1 Å². The van der Waals surface area contributed by atoms with E-state index in [0.29, 0.717) is 42.5 Å². The number of hydrogen-bond acceptors (Lipinski definition) is 9. The van der Waals surface area contributed by atoms with Crippen molar-refractivity contribution in [2.75, 3.05) is 34.2 Å². The molecule has 0 fully saturated rings. The number of hydrogen-bond donors (Lipinski definition) is 2. The number of ether oxygens (including phenoxy) is 4. The highest BCUT2D eigenvalue weighted by Gasteiger charge is 2.24.